The van der Waals surface area contributed by atoms with Gasteiger partial charge in [0.15, 0.2) is 0 Å². The zero-order valence-electron chi connectivity index (χ0n) is 14.0. The fourth-order valence-electron chi connectivity index (χ4n) is 3.22. The van der Waals surface area contributed by atoms with Crippen LogP contribution in [0.25, 0.3) is 0 Å². The number of nitrogens with zero attached hydrogens (tertiary/aromatic N) is 2. The molecule has 0 fully saturated rings. The van der Waals surface area contributed by atoms with Crippen molar-refractivity contribution in [1.29, 1.82) is 0 Å². The number of aromatic nitrogens is 1. The highest BCUT2D eigenvalue weighted by molar-refractivity contribution is 5.43. The van der Waals surface area contributed by atoms with E-state index in [1.54, 1.807) is 12.4 Å². The Morgan fingerprint density at radius 2 is 2.00 bits per heavy atom. The summed E-state index contributed by atoms with van der Waals surface area (Å²) in [5.74, 6) is 0. The lowest BCUT2D eigenvalue weighted by Crippen LogP contribution is -2.52. The maximum atomic E-state index is 5.95. The van der Waals surface area contributed by atoms with Gasteiger partial charge < -0.3 is 11.1 Å². The molecule has 0 spiro atoms. The first-order valence-electron chi connectivity index (χ1n) is 8.27. The third-order valence-electron chi connectivity index (χ3n) is 4.81. The third kappa shape index (κ3) is 3.71. The van der Waals surface area contributed by atoms with E-state index in [4.69, 9.17) is 5.73 Å². The Morgan fingerprint density at radius 1 is 1.22 bits per heavy atom. The number of anilines is 1. The number of hydrogen-bond acceptors (Lipinski definition) is 4. The molecule has 2 heterocycles. The van der Waals surface area contributed by atoms with Gasteiger partial charge in [0.1, 0.15) is 0 Å². The van der Waals surface area contributed by atoms with Crippen LogP contribution < -0.4 is 11.1 Å². The van der Waals surface area contributed by atoms with E-state index in [0.717, 1.165) is 43.9 Å². The molecule has 3 N–H and O–H groups in total. The average Bonchev–Trinajstić information content (AvgIpc) is 2.56. The van der Waals surface area contributed by atoms with E-state index >= 15 is 0 Å². The van der Waals surface area contributed by atoms with Crippen molar-refractivity contribution in [3.63, 3.8) is 0 Å². The molecule has 0 unspecified atom stereocenters. The van der Waals surface area contributed by atoms with Crippen LogP contribution in [0.15, 0.2) is 42.7 Å². The SMILES string of the molecule is CC(C)(CNCc1ccncc1N)N1CCc2ccccc2C1. The van der Waals surface area contributed by atoms with Crippen LogP contribution in [0.2, 0.25) is 0 Å². The minimum absolute atomic E-state index is 0.106. The zero-order chi connectivity index (χ0) is 16.3. The Kier molecular flexibility index (Phi) is 4.64. The number of nitrogens with two attached hydrogens (primary N) is 1. The molecule has 1 aromatic carbocycles. The number of hydrogen-bond donors (Lipinski definition) is 2. The highest BCUT2D eigenvalue weighted by Gasteiger charge is 2.29. The van der Waals surface area contributed by atoms with Gasteiger partial charge in [-0.25, -0.2) is 0 Å². The Morgan fingerprint density at radius 3 is 2.78 bits per heavy atom. The fourth-order valence-corrected chi connectivity index (χ4v) is 3.22. The van der Waals surface area contributed by atoms with E-state index < -0.39 is 0 Å². The summed E-state index contributed by atoms with van der Waals surface area (Å²) in [5.41, 5.74) is 10.9. The van der Waals surface area contributed by atoms with E-state index in [0.29, 0.717) is 0 Å². The van der Waals surface area contributed by atoms with Crippen LogP contribution in [0, 0.1) is 0 Å². The summed E-state index contributed by atoms with van der Waals surface area (Å²) >= 11 is 0. The fraction of sp³-hybridized carbons (Fsp3) is 0.421. The van der Waals surface area contributed by atoms with Gasteiger partial charge in [0.25, 0.3) is 0 Å². The van der Waals surface area contributed by atoms with Crippen molar-refractivity contribution in [3.05, 3.63) is 59.4 Å². The number of nitrogen functional groups attached to an aromatic ring is 1. The van der Waals surface area contributed by atoms with Crippen molar-refractivity contribution in [2.75, 3.05) is 18.8 Å². The standard InChI is InChI=1S/C19H26N4/c1-19(2,14-22-11-16-7-9-21-12-18(16)20)23-10-8-15-5-3-4-6-17(15)13-23/h3-7,9,12,22H,8,10-11,13-14,20H2,1-2H3. The van der Waals surface area contributed by atoms with E-state index in [2.05, 4.69) is 53.3 Å². The van der Waals surface area contributed by atoms with E-state index in [1.165, 1.54) is 11.1 Å². The molecule has 0 radical (unpaired) electrons. The molecule has 4 nitrogen and oxygen atoms in total. The normalized spacial score (nSPS) is 15.4. The van der Waals surface area contributed by atoms with Crippen molar-refractivity contribution in [2.45, 2.75) is 38.9 Å². The molecule has 0 bridgehead atoms. The summed E-state index contributed by atoms with van der Waals surface area (Å²) < 4.78 is 0. The second kappa shape index (κ2) is 6.69. The minimum atomic E-state index is 0.106. The van der Waals surface area contributed by atoms with Crippen molar-refractivity contribution in [2.24, 2.45) is 0 Å². The molecule has 3 rings (SSSR count). The van der Waals surface area contributed by atoms with Crippen LogP contribution in [-0.2, 0) is 19.5 Å². The first-order chi connectivity index (χ1) is 11.1. The Labute approximate surface area is 138 Å². The molecule has 4 heteroatoms. The van der Waals surface area contributed by atoms with Crippen LogP contribution in [0.3, 0.4) is 0 Å². The van der Waals surface area contributed by atoms with Gasteiger partial charge in [-0.15, -0.1) is 0 Å². The molecule has 23 heavy (non-hydrogen) atoms. The van der Waals surface area contributed by atoms with Crippen molar-refractivity contribution in [3.8, 4) is 0 Å². The van der Waals surface area contributed by atoms with E-state index in [9.17, 15) is 0 Å². The predicted octanol–water partition coefficient (Wildman–Crippen LogP) is 2.59. The molecule has 1 aliphatic rings. The molecule has 1 aliphatic heterocycles. The molecule has 0 saturated carbocycles. The van der Waals surface area contributed by atoms with Crippen LogP contribution in [0.5, 0.6) is 0 Å². The van der Waals surface area contributed by atoms with Gasteiger partial charge in [-0.2, -0.15) is 0 Å². The van der Waals surface area contributed by atoms with E-state index in [-0.39, 0.29) is 5.54 Å². The van der Waals surface area contributed by atoms with Gasteiger partial charge in [0.05, 0.1) is 11.9 Å². The first-order valence-corrected chi connectivity index (χ1v) is 8.27. The van der Waals surface area contributed by atoms with Crippen LogP contribution in [-0.4, -0.2) is 28.5 Å². The molecule has 122 valence electrons. The van der Waals surface area contributed by atoms with Crippen LogP contribution >= 0.6 is 0 Å². The second-order valence-electron chi connectivity index (χ2n) is 6.93. The zero-order valence-corrected chi connectivity index (χ0v) is 14.0. The summed E-state index contributed by atoms with van der Waals surface area (Å²) in [5, 5.41) is 3.55. The lowest BCUT2D eigenvalue weighted by atomic mass is 9.94. The molecule has 0 amide bonds. The van der Waals surface area contributed by atoms with Crippen molar-refractivity contribution in [1.82, 2.24) is 15.2 Å². The van der Waals surface area contributed by atoms with Crippen molar-refractivity contribution < 1.29 is 0 Å². The molecule has 0 saturated heterocycles. The van der Waals surface area contributed by atoms with Gasteiger partial charge in [-0.3, -0.25) is 9.88 Å². The number of fused-ring (bicyclic) bond motifs is 1. The second-order valence-corrected chi connectivity index (χ2v) is 6.93. The average molecular weight is 310 g/mol. The van der Waals surface area contributed by atoms with E-state index in [1.807, 2.05) is 6.07 Å². The topological polar surface area (TPSA) is 54.2 Å². The maximum Gasteiger partial charge on any atom is 0.0546 e. The van der Waals surface area contributed by atoms with Gasteiger partial charge >= 0.3 is 0 Å². The molecular weight excluding hydrogens is 284 g/mol. The lowest BCUT2D eigenvalue weighted by Gasteiger charge is -2.42. The molecular formula is C19H26N4. The summed E-state index contributed by atoms with van der Waals surface area (Å²) in [7, 11) is 0. The predicted molar refractivity (Wildman–Crippen MR) is 95.0 cm³/mol. The Bertz CT molecular complexity index is 666. The molecule has 0 atom stereocenters. The monoisotopic (exact) mass is 310 g/mol. The molecule has 2 aromatic rings. The molecule has 0 aliphatic carbocycles. The summed E-state index contributed by atoms with van der Waals surface area (Å²) in [6.07, 6.45) is 4.64. The Balaban J connectivity index is 1.58. The van der Waals surface area contributed by atoms with Gasteiger partial charge in [0, 0.05) is 37.9 Å². The number of nitrogens with one attached hydrogen (secondary N) is 1. The number of pyridine rings is 1. The maximum absolute atomic E-state index is 5.95. The summed E-state index contributed by atoms with van der Waals surface area (Å²) in [6, 6.07) is 10.8. The highest BCUT2D eigenvalue weighted by Crippen LogP contribution is 2.25. The Hall–Kier alpha value is -1.91. The highest BCUT2D eigenvalue weighted by atomic mass is 15.2. The van der Waals surface area contributed by atoms with Crippen LogP contribution in [0.4, 0.5) is 5.69 Å². The third-order valence-corrected chi connectivity index (χ3v) is 4.81. The summed E-state index contributed by atoms with van der Waals surface area (Å²) in [6.45, 7) is 8.47. The summed E-state index contributed by atoms with van der Waals surface area (Å²) in [4.78, 5) is 6.60. The molecule has 1 aromatic heterocycles. The smallest absolute Gasteiger partial charge is 0.0546 e. The largest absolute Gasteiger partial charge is 0.397 e. The first kappa shape index (κ1) is 16.0. The quantitative estimate of drug-likeness (QED) is 0.891. The van der Waals surface area contributed by atoms with Gasteiger partial charge in [0.2, 0.25) is 0 Å². The lowest BCUT2D eigenvalue weighted by molar-refractivity contribution is 0.102. The number of rotatable bonds is 5. The minimum Gasteiger partial charge on any atom is -0.397 e. The van der Waals surface area contributed by atoms with Gasteiger partial charge in [-0.05, 0) is 43.0 Å². The number of benzene rings is 1. The van der Waals surface area contributed by atoms with Crippen molar-refractivity contribution >= 4 is 5.69 Å². The van der Waals surface area contributed by atoms with Crippen LogP contribution in [0.1, 0.15) is 30.5 Å². The van der Waals surface area contributed by atoms with Gasteiger partial charge in [-0.1, -0.05) is 24.3 Å².